The molecule has 2 aromatic rings. The van der Waals surface area contributed by atoms with Gasteiger partial charge in [-0.25, -0.2) is 0 Å². The lowest BCUT2D eigenvalue weighted by atomic mass is 9.76. The second kappa shape index (κ2) is 16.3. The van der Waals surface area contributed by atoms with Crippen molar-refractivity contribution in [2.45, 2.75) is 82.5 Å². The summed E-state index contributed by atoms with van der Waals surface area (Å²) in [7, 11) is 6.45. The normalized spacial score (nSPS) is 21.6. The molecule has 2 aromatic carbocycles. The van der Waals surface area contributed by atoms with Crippen LogP contribution in [-0.4, -0.2) is 73.8 Å². The van der Waals surface area contributed by atoms with Crippen LogP contribution in [0.3, 0.4) is 0 Å². The fraction of sp³-hybridized carbons (Fsp3) is 0.556. The zero-order chi connectivity index (χ0) is 34.0. The van der Waals surface area contributed by atoms with Crippen LogP contribution in [0.2, 0.25) is 0 Å². The molecule has 258 valence electrons. The Balaban J connectivity index is 1.50. The van der Waals surface area contributed by atoms with Gasteiger partial charge in [-0.3, -0.25) is 9.79 Å². The van der Waals surface area contributed by atoms with Gasteiger partial charge >= 0.3 is 0 Å². The highest BCUT2D eigenvalue weighted by molar-refractivity contribution is 5.95. The number of hydrogen-bond donors (Lipinski definition) is 6. The van der Waals surface area contributed by atoms with E-state index in [2.05, 4.69) is 15.6 Å². The number of aliphatic hydroxyl groups is 1. The quantitative estimate of drug-likeness (QED) is 0.0487. The molecule has 4 rings (SSSR count). The lowest BCUT2D eigenvalue weighted by molar-refractivity contribution is -0.123. The number of ketones is 1. The number of phenolic OH excluding ortho intramolecular Hbond substituents is 2. The molecule has 7 N–H and O–H groups in total. The molecular formula is C36H52N4O7. The van der Waals surface area contributed by atoms with Crippen LogP contribution in [-0.2, 0) is 22.4 Å². The van der Waals surface area contributed by atoms with E-state index in [9.17, 15) is 20.1 Å². The van der Waals surface area contributed by atoms with Crippen molar-refractivity contribution in [2.24, 2.45) is 22.1 Å². The summed E-state index contributed by atoms with van der Waals surface area (Å²) in [5.74, 6) is 1.26. The molecule has 2 fully saturated rings. The lowest BCUT2D eigenvalue weighted by Crippen LogP contribution is -2.43. The number of aryl methyl sites for hydroxylation is 1. The average Bonchev–Trinajstić information content (AvgIpc) is 3.70. The van der Waals surface area contributed by atoms with Crippen molar-refractivity contribution in [1.82, 2.24) is 5.32 Å². The van der Waals surface area contributed by atoms with Crippen molar-refractivity contribution >= 4 is 17.4 Å². The Bertz CT molecular complexity index is 1420. The maximum absolute atomic E-state index is 13.6. The fourth-order valence-corrected chi connectivity index (χ4v) is 7.20. The summed E-state index contributed by atoms with van der Waals surface area (Å²) in [4.78, 5) is 17.6. The van der Waals surface area contributed by atoms with Crippen LogP contribution in [0.15, 0.2) is 47.5 Å². The van der Waals surface area contributed by atoms with Crippen LogP contribution in [0.5, 0.6) is 23.0 Å². The van der Waals surface area contributed by atoms with E-state index in [-0.39, 0.29) is 29.2 Å². The first-order chi connectivity index (χ1) is 22.6. The Hall–Kier alpha value is -3.80. The monoisotopic (exact) mass is 652 g/mol. The number of likely N-dealkylation sites (N-methyl/N-ethyl adjacent to an activating group) is 1. The Kier molecular flexibility index (Phi) is 12.5. The summed E-state index contributed by atoms with van der Waals surface area (Å²) in [6.45, 7) is 0.571. The van der Waals surface area contributed by atoms with Crippen LogP contribution < -0.4 is 25.8 Å². The van der Waals surface area contributed by atoms with Gasteiger partial charge in [-0.05, 0) is 106 Å². The molecular weight excluding hydrogens is 600 g/mol. The van der Waals surface area contributed by atoms with E-state index in [0.29, 0.717) is 55.8 Å². The Morgan fingerprint density at radius 2 is 1.87 bits per heavy atom. The molecule has 2 aliphatic carbocycles. The van der Waals surface area contributed by atoms with Gasteiger partial charge in [0.2, 0.25) is 0 Å². The first-order valence-corrected chi connectivity index (χ1v) is 16.5. The summed E-state index contributed by atoms with van der Waals surface area (Å²) in [5, 5.41) is 37.5. The number of nitrogens with one attached hydrogen (secondary N) is 2. The van der Waals surface area contributed by atoms with Crippen LogP contribution in [0.1, 0.15) is 68.9 Å². The van der Waals surface area contributed by atoms with E-state index in [0.717, 1.165) is 49.7 Å². The molecule has 0 unspecified atom stereocenters. The SMILES string of the molecule is CN=C(N)Nc1cc(CCC=CC(=O)C2(Cc3ccc(O)c(OC)c3)CCCC2)cc(O[C@@]2(CNC)CC[C@H](C[C@H](O)OC)C2)c1O. The van der Waals surface area contributed by atoms with Gasteiger partial charge in [0, 0.05) is 32.5 Å². The van der Waals surface area contributed by atoms with Gasteiger partial charge < -0.3 is 45.9 Å². The molecule has 0 bridgehead atoms. The number of rotatable bonds is 16. The smallest absolute Gasteiger partial charge is 0.192 e. The second-order valence-electron chi connectivity index (χ2n) is 13.0. The number of phenols is 2. The van der Waals surface area contributed by atoms with E-state index in [4.69, 9.17) is 19.9 Å². The minimum absolute atomic E-state index is 0.0593. The van der Waals surface area contributed by atoms with Gasteiger partial charge in [-0.2, -0.15) is 0 Å². The molecule has 47 heavy (non-hydrogen) atoms. The number of carbonyl (C=O) groups excluding carboxylic acids is 1. The molecule has 0 radical (unpaired) electrons. The van der Waals surface area contributed by atoms with Crippen molar-refractivity contribution in [3.63, 3.8) is 0 Å². The number of aliphatic imine (C=N–C) groups is 1. The highest BCUT2D eigenvalue weighted by Crippen LogP contribution is 2.45. The number of allylic oxidation sites excluding steroid dienone is 2. The van der Waals surface area contributed by atoms with Crippen molar-refractivity contribution in [2.75, 3.05) is 40.2 Å². The summed E-state index contributed by atoms with van der Waals surface area (Å²) in [6.07, 6.45) is 11.1. The van der Waals surface area contributed by atoms with E-state index in [1.165, 1.54) is 14.2 Å². The van der Waals surface area contributed by atoms with Gasteiger partial charge in [0.1, 0.15) is 5.60 Å². The minimum atomic E-state index is -0.825. The third-order valence-electron chi connectivity index (χ3n) is 9.68. The number of hydrogen-bond acceptors (Lipinski definition) is 9. The molecule has 0 heterocycles. The molecule has 11 heteroatoms. The van der Waals surface area contributed by atoms with Gasteiger partial charge in [-0.15, -0.1) is 0 Å². The average molecular weight is 653 g/mol. The maximum Gasteiger partial charge on any atom is 0.192 e. The van der Waals surface area contributed by atoms with Crippen LogP contribution in [0.25, 0.3) is 0 Å². The summed E-state index contributed by atoms with van der Waals surface area (Å²) in [5.41, 5.74) is 7.18. The first-order valence-electron chi connectivity index (χ1n) is 16.5. The topological polar surface area (TPSA) is 168 Å². The van der Waals surface area contributed by atoms with Crippen molar-refractivity contribution < 1.29 is 34.3 Å². The predicted octanol–water partition coefficient (Wildman–Crippen LogP) is 4.82. The van der Waals surface area contributed by atoms with E-state index < -0.39 is 17.3 Å². The molecule has 0 saturated heterocycles. The van der Waals surface area contributed by atoms with Crippen molar-refractivity contribution in [3.8, 4) is 23.0 Å². The van der Waals surface area contributed by atoms with Crippen LogP contribution in [0.4, 0.5) is 5.69 Å². The van der Waals surface area contributed by atoms with E-state index in [1.807, 2.05) is 37.4 Å². The van der Waals surface area contributed by atoms with Gasteiger partial charge in [0.05, 0.1) is 12.8 Å². The fourth-order valence-electron chi connectivity index (χ4n) is 7.20. The van der Waals surface area contributed by atoms with Crippen LogP contribution >= 0.6 is 0 Å². The highest BCUT2D eigenvalue weighted by Gasteiger charge is 2.42. The van der Waals surface area contributed by atoms with E-state index in [1.54, 1.807) is 19.2 Å². The van der Waals surface area contributed by atoms with Gasteiger partial charge in [0.15, 0.2) is 41.0 Å². The van der Waals surface area contributed by atoms with Gasteiger partial charge in [-0.1, -0.05) is 25.0 Å². The van der Waals surface area contributed by atoms with Crippen LogP contribution in [0, 0.1) is 11.3 Å². The summed E-state index contributed by atoms with van der Waals surface area (Å²) >= 11 is 0. The Morgan fingerprint density at radius 1 is 1.13 bits per heavy atom. The molecule has 0 aromatic heterocycles. The molecule has 11 nitrogen and oxygen atoms in total. The number of methoxy groups -OCH3 is 2. The molecule has 0 amide bonds. The summed E-state index contributed by atoms with van der Waals surface area (Å²) in [6, 6.07) is 8.96. The molecule has 3 atom stereocenters. The second-order valence-corrected chi connectivity index (χ2v) is 13.0. The lowest BCUT2D eigenvalue weighted by Gasteiger charge is -2.32. The molecule has 0 aliphatic heterocycles. The predicted molar refractivity (Wildman–Crippen MR) is 183 cm³/mol. The van der Waals surface area contributed by atoms with E-state index >= 15 is 0 Å². The Morgan fingerprint density at radius 3 is 2.55 bits per heavy atom. The zero-order valence-corrected chi connectivity index (χ0v) is 28.2. The number of aromatic hydroxyl groups is 2. The number of ether oxygens (including phenoxy) is 3. The van der Waals surface area contributed by atoms with Gasteiger partial charge in [0.25, 0.3) is 0 Å². The number of aliphatic hydroxyl groups excluding tert-OH is 1. The highest BCUT2D eigenvalue weighted by atomic mass is 16.6. The maximum atomic E-state index is 13.6. The summed E-state index contributed by atoms with van der Waals surface area (Å²) < 4.78 is 17.0. The third-order valence-corrected chi connectivity index (χ3v) is 9.68. The number of benzene rings is 2. The molecule has 2 aliphatic rings. The molecule has 2 saturated carbocycles. The largest absolute Gasteiger partial charge is 0.504 e. The first kappa shape index (κ1) is 36.0. The number of carbonyl (C=O) groups is 1. The molecule has 0 spiro atoms. The number of guanidine groups is 1. The van der Waals surface area contributed by atoms with Crippen molar-refractivity contribution in [3.05, 3.63) is 53.6 Å². The van der Waals surface area contributed by atoms with Crippen molar-refractivity contribution in [1.29, 1.82) is 0 Å². The Labute approximate surface area is 278 Å². The minimum Gasteiger partial charge on any atom is -0.504 e. The number of nitrogens with zero attached hydrogens (tertiary/aromatic N) is 1. The zero-order valence-electron chi connectivity index (χ0n) is 28.2. The number of nitrogens with two attached hydrogens (primary N) is 1. The number of anilines is 1. The third kappa shape index (κ3) is 9.18. The standard InChI is InChI=1S/C36H52N4O7/c1-38-23-36(16-13-26(22-36)20-32(43)46-4)47-30-18-24(17-27(33(30)44)40-34(37)39-2)9-5-6-10-31(42)35(14-7-8-15-35)21-25-11-12-28(41)29(19-25)45-3/h6,10-12,17-19,26,32,38,41,43-44H,5,7-9,13-16,20-23H2,1-4H3,(H3,37,39,40)/t26-,32-,36+/m1/s1.